The Hall–Kier alpha value is -0.0231. The zero-order valence-electron chi connectivity index (χ0n) is 12.2. The molecule has 112 valence electrons. The molecule has 0 aromatic heterocycles. The van der Waals surface area contributed by atoms with Gasteiger partial charge >= 0.3 is 10.0 Å². The maximum Gasteiger partial charge on any atom is 1.46 e. The molecule has 0 aromatic rings. The maximum atomic E-state index is 5.38. The summed E-state index contributed by atoms with van der Waals surface area (Å²) in [5.41, 5.74) is 0. The van der Waals surface area contributed by atoms with Crippen LogP contribution in [-0.4, -0.2) is 76.8 Å². The van der Waals surface area contributed by atoms with E-state index in [4.69, 9.17) is 18.3 Å². The van der Waals surface area contributed by atoms with Crippen LogP contribution in [0.3, 0.4) is 0 Å². The smallest absolute Gasteiger partial charge is 0.383 e. The van der Waals surface area contributed by atoms with E-state index in [1.807, 2.05) is 0 Å². The normalized spacial score (nSPS) is 10.6. The number of rotatable bonds is 16. The van der Waals surface area contributed by atoms with Gasteiger partial charge in [0.1, 0.15) is 13.2 Å². The fourth-order valence-electron chi connectivity index (χ4n) is 1.26. The number of hydrogen-bond acceptors (Lipinski definition) is 6. The third-order valence-corrected chi connectivity index (χ3v) is 2.93. The molecule has 0 saturated carbocycles. The molecule has 0 radical (unpaired) electrons. The van der Waals surface area contributed by atoms with Crippen molar-refractivity contribution in [3.05, 3.63) is 0 Å². The summed E-state index contributed by atoms with van der Waals surface area (Å²) in [7, 11) is 3.56. The summed E-state index contributed by atoms with van der Waals surface area (Å²) in [6.07, 6.45) is 2.00. The minimum absolute atomic E-state index is 0.152. The summed E-state index contributed by atoms with van der Waals surface area (Å²) >= 11 is 0. The van der Waals surface area contributed by atoms with Gasteiger partial charge in [-0.15, -0.1) is 0 Å². The van der Waals surface area contributed by atoms with Crippen molar-refractivity contribution in [3.8, 4) is 0 Å². The van der Waals surface area contributed by atoms with Crippen molar-refractivity contribution in [1.82, 2.24) is 10.6 Å². The average Bonchev–Trinajstić information content (AvgIpc) is 2.43. The summed E-state index contributed by atoms with van der Waals surface area (Å²) in [6.45, 7) is 6.69. The van der Waals surface area contributed by atoms with Gasteiger partial charge in [0.25, 0.3) is 0 Å². The van der Waals surface area contributed by atoms with Gasteiger partial charge in [0.05, 0.1) is 13.2 Å². The highest BCUT2D eigenvalue weighted by Crippen LogP contribution is 1.83. The molecule has 0 amide bonds. The Bertz CT molecular complexity index is 151. The third kappa shape index (κ3) is 18.0. The summed E-state index contributed by atoms with van der Waals surface area (Å²) in [4.78, 5) is 0. The molecule has 0 saturated heterocycles. The molecule has 6 nitrogen and oxygen atoms in total. The zero-order chi connectivity index (χ0) is 14.0. The fraction of sp³-hybridized carbons (Fsp3) is 1.00. The molecule has 0 aromatic carbocycles. The standard InChI is InChI=1S/C12H28N2O4Si/c1-15-11-7-13-5-3-9-17-19-18-10-4-6-14-8-12-16-2/h13-14H,3-12H2,1-2H3/q+2. The van der Waals surface area contributed by atoms with E-state index in [9.17, 15) is 0 Å². The number of ether oxygens (including phenoxy) is 2. The number of hydrogen-bond donors (Lipinski definition) is 2. The SMILES string of the molecule is COCCNCCCO[Si+2]OCCCNCCOC. The fourth-order valence-corrected chi connectivity index (χ4v) is 1.80. The van der Waals surface area contributed by atoms with Crippen LogP contribution in [0, 0.1) is 0 Å². The van der Waals surface area contributed by atoms with Gasteiger partial charge in [-0.25, -0.2) is 0 Å². The van der Waals surface area contributed by atoms with Crippen molar-refractivity contribution in [2.45, 2.75) is 12.8 Å². The van der Waals surface area contributed by atoms with E-state index >= 15 is 0 Å². The minimum Gasteiger partial charge on any atom is -0.383 e. The second-order valence-corrected chi connectivity index (χ2v) is 4.72. The zero-order valence-corrected chi connectivity index (χ0v) is 13.2. The van der Waals surface area contributed by atoms with E-state index in [-0.39, 0.29) is 10.0 Å². The van der Waals surface area contributed by atoms with Gasteiger partial charge in [0, 0.05) is 27.3 Å². The van der Waals surface area contributed by atoms with E-state index in [1.54, 1.807) is 14.2 Å². The molecule has 0 aliphatic rings. The summed E-state index contributed by atoms with van der Waals surface area (Å²) in [6, 6.07) is 0. The van der Waals surface area contributed by atoms with Crippen LogP contribution >= 0.6 is 0 Å². The van der Waals surface area contributed by atoms with Crippen molar-refractivity contribution in [3.63, 3.8) is 0 Å². The van der Waals surface area contributed by atoms with Crippen LogP contribution in [0.15, 0.2) is 0 Å². The maximum absolute atomic E-state index is 5.38. The molecule has 0 rings (SSSR count). The Morgan fingerprint density at radius 1 is 0.684 bits per heavy atom. The first-order valence-corrected chi connectivity index (χ1v) is 7.61. The molecule has 7 heteroatoms. The highest BCUT2D eigenvalue weighted by molar-refractivity contribution is 6.17. The van der Waals surface area contributed by atoms with Gasteiger partial charge in [-0.3, -0.25) is 0 Å². The van der Waals surface area contributed by atoms with E-state index in [0.717, 1.165) is 65.4 Å². The van der Waals surface area contributed by atoms with Crippen LogP contribution < -0.4 is 10.6 Å². The van der Waals surface area contributed by atoms with Gasteiger partial charge in [0.2, 0.25) is 0 Å². The molecule has 0 aliphatic carbocycles. The first-order chi connectivity index (χ1) is 9.41. The van der Waals surface area contributed by atoms with Gasteiger partial charge in [-0.1, -0.05) is 0 Å². The average molecular weight is 292 g/mol. The van der Waals surface area contributed by atoms with Crippen molar-refractivity contribution < 1.29 is 18.3 Å². The number of methoxy groups -OCH3 is 2. The molecule has 0 fully saturated rings. The summed E-state index contributed by atoms with van der Waals surface area (Å²) < 4.78 is 20.6. The van der Waals surface area contributed by atoms with E-state index in [2.05, 4.69) is 10.6 Å². The van der Waals surface area contributed by atoms with E-state index in [1.165, 1.54) is 0 Å². The van der Waals surface area contributed by atoms with Crippen molar-refractivity contribution in [2.24, 2.45) is 0 Å². The molecule has 0 bridgehead atoms. The molecule has 2 N–H and O–H groups in total. The lowest BCUT2D eigenvalue weighted by Gasteiger charge is -2.00. The van der Waals surface area contributed by atoms with Crippen LogP contribution in [0.1, 0.15) is 12.8 Å². The predicted molar refractivity (Wildman–Crippen MR) is 76.4 cm³/mol. The Morgan fingerprint density at radius 2 is 1.16 bits per heavy atom. The Labute approximate surface area is 119 Å². The molecule has 0 spiro atoms. The molecule has 0 heterocycles. The Morgan fingerprint density at radius 3 is 1.58 bits per heavy atom. The van der Waals surface area contributed by atoms with Gasteiger partial charge in [-0.05, 0) is 34.8 Å². The summed E-state index contributed by atoms with van der Waals surface area (Å²) in [5.74, 6) is 0. The highest BCUT2D eigenvalue weighted by Gasteiger charge is 2.48. The van der Waals surface area contributed by atoms with Gasteiger partial charge in [0.15, 0.2) is 0 Å². The largest absolute Gasteiger partial charge is 1.46 e. The first kappa shape index (κ1) is 19.0. The molecule has 0 unspecified atom stereocenters. The van der Waals surface area contributed by atoms with Crippen LogP contribution in [-0.2, 0) is 18.3 Å². The Balaban J connectivity index is 2.88. The lowest BCUT2D eigenvalue weighted by atomic mass is 10.4. The second-order valence-electron chi connectivity index (χ2n) is 3.97. The van der Waals surface area contributed by atoms with Crippen molar-refractivity contribution in [2.75, 3.05) is 66.8 Å². The lowest BCUT2D eigenvalue weighted by molar-refractivity contribution is 0.193. The van der Waals surface area contributed by atoms with Gasteiger partial charge in [-0.2, -0.15) is 0 Å². The van der Waals surface area contributed by atoms with Crippen LogP contribution in [0.5, 0.6) is 0 Å². The predicted octanol–water partition coefficient (Wildman–Crippen LogP) is -0.194. The van der Waals surface area contributed by atoms with E-state index in [0.29, 0.717) is 0 Å². The van der Waals surface area contributed by atoms with Crippen molar-refractivity contribution in [1.29, 1.82) is 0 Å². The van der Waals surface area contributed by atoms with Crippen molar-refractivity contribution >= 4 is 10.0 Å². The molecular weight excluding hydrogens is 264 g/mol. The van der Waals surface area contributed by atoms with Gasteiger partial charge < -0.3 is 20.1 Å². The summed E-state index contributed by atoms with van der Waals surface area (Å²) in [5, 5.41) is 6.52. The first-order valence-electron chi connectivity index (χ1n) is 6.79. The lowest BCUT2D eigenvalue weighted by Crippen LogP contribution is -2.22. The highest BCUT2D eigenvalue weighted by atomic mass is 28.3. The molecule has 19 heavy (non-hydrogen) atoms. The monoisotopic (exact) mass is 292 g/mol. The topological polar surface area (TPSA) is 61.0 Å². The van der Waals surface area contributed by atoms with E-state index < -0.39 is 0 Å². The Kier molecular flexibility index (Phi) is 18.0. The number of nitrogens with one attached hydrogen (secondary N) is 2. The van der Waals surface area contributed by atoms with Crippen LogP contribution in [0.25, 0.3) is 0 Å². The molecule has 0 atom stereocenters. The minimum atomic E-state index is 0.152. The molecule has 0 aliphatic heterocycles. The second kappa shape index (κ2) is 18.0. The quantitative estimate of drug-likeness (QED) is 0.304. The molecular formula is C12H28N2O4Si+2. The third-order valence-electron chi connectivity index (χ3n) is 2.28. The van der Waals surface area contributed by atoms with Crippen LogP contribution in [0.4, 0.5) is 0 Å². The van der Waals surface area contributed by atoms with Crippen LogP contribution in [0.2, 0.25) is 0 Å².